The van der Waals surface area contributed by atoms with E-state index in [4.69, 9.17) is 4.43 Å². The van der Waals surface area contributed by atoms with Crippen molar-refractivity contribution in [2.75, 3.05) is 0 Å². The third kappa shape index (κ3) is 8.53. The van der Waals surface area contributed by atoms with Crippen LogP contribution in [0.3, 0.4) is 0 Å². The topological polar surface area (TPSA) is 26.3 Å². The molecule has 0 atom stereocenters. The first-order valence-corrected chi connectivity index (χ1v) is 21.9. The number of carbonyl (C=O) groups is 1. The fourth-order valence-corrected chi connectivity index (χ4v) is 24.2. The number of unbranched alkanes of at least 4 members (excludes halogenated alkanes) is 3. The van der Waals surface area contributed by atoms with E-state index in [1.807, 2.05) is 6.08 Å². The molecule has 0 N–H and O–H groups in total. The van der Waals surface area contributed by atoms with Crippen molar-refractivity contribution in [3.8, 4) is 0 Å². The van der Waals surface area contributed by atoms with Gasteiger partial charge in [-0.15, -0.1) is 0 Å². The van der Waals surface area contributed by atoms with E-state index in [-0.39, 0.29) is 5.97 Å². The Morgan fingerprint density at radius 2 is 1.14 bits per heavy atom. The Labute approximate surface area is 182 Å². The van der Waals surface area contributed by atoms with Crippen LogP contribution in [-0.2, 0) is 9.22 Å². The van der Waals surface area contributed by atoms with Crippen molar-refractivity contribution >= 4 is 32.7 Å². The molecule has 0 amide bonds. The summed E-state index contributed by atoms with van der Waals surface area (Å²) in [6, 6.07) is 0. The molecule has 0 aliphatic carbocycles. The maximum atomic E-state index is 13.0. The van der Waals surface area contributed by atoms with Crippen molar-refractivity contribution in [3.05, 3.63) is 10.2 Å². The van der Waals surface area contributed by atoms with Gasteiger partial charge in [-0.25, -0.2) is 0 Å². The summed E-state index contributed by atoms with van der Waals surface area (Å²) in [7, 11) is -2.14. The van der Waals surface area contributed by atoms with Crippen LogP contribution in [-0.4, -0.2) is 32.7 Å². The Bertz CT molecular complexity index is 414. The molecule has 2 nitrogen and oxygen atoms in total. The summed E-state index contributed by atoms with van der Waals surface area (Å²) in [5, 5.41) is 0. The molecule has 0 aromatic rings. The van der Waals surface area contributed by atoms with E-state index in [1.54, 1.807) is 0 Å². The van der Waals surface area contributed by atoms with Crippen LogP contribution in [0, 0.1) is 0 Å². The predicted molar refractivity (Wildman–Crippen MR) is 131 cm³/mol. The second-order valence-electron chi connectivity index (χ2n) is 9.75. The molecule has 0 aromatic carbocycles. The van der Waals surface area contributed by atoms with Crippen molar-refractivity contribution in [1.82, 2.24) is 0 Å². The van der Waals surface area contributed by atoms with Crippen molar-refractivity contribution in [3.63, 3.8) is 0 Å². The van der Waals surface area contributed by atoms with E-state index in [1.165, 1.54) is 51.8 Å². The van der Waals surface area contributed by atoms with Gasteiger partial charge >= 0.3 is 183 Å². The van der Waals surface area contributed by atoms with Crippen LogP contribution in [0.25, 0.3) is 0 Å². The first-order chi connectivity index (χ1) is 13.1. The SMILES string of the molecule is CCC[CH2][Sn](/[CH]=C\C(=O)O[Si](C(C)C)(C(C)C)C(C)C)([CH2]CCC)[CH2]CCC. The summed E-state index contributed by atoms with van der Waals surface area (Å²) in [5.41, 5.74) is 1.33. The number of hydrogen-bond donors (Lipinski definition) is 0. The molecule has 0 unspecified atom stereocenters. The van der Waals surface area contributed by atoms with E-state index in [9.17, 15) is 4.79 Å². The van der Waals surface area contributed by atoms with Crippen LogP contribution in [0.2, 0.25) is 29.9 Å². The van der Waals surface area contributed by atoms with Gasteiger partial charge in [-0.3, -0.25) is 0 Å². The van der Waals surface area contributed by atoms with Gasteiger partial charge in [-0.2, -0.15) is 0 Å². The zero-order valence-electron chi connectivity index (χ0n) is 20.6. The standard InChI is InChI=1S/C12H23O2Si.3C4H9.Sn/c1-8-12(13)14-15(9(2)3,10(4)5)11(6)7;3*1-3-4-2;/h1,8-11H,2-7H3;3*1,3-4H2,2H3;. The maximum absolute atomic E-state index is 13.0. The Kier molecular flexibility index (Phi) is 14.4. The van der Waals surface area contributed by atoms with Gasteiger partial charge in [0, 0.05) is 0 Å². The van der Waals surface area contributed by atoms with E-state index < -0.39 is 26.7 Å². The summed E-state index contributed by atoms with van der Waals surface area (Å²) in [6.45, 7) is 20.4. The quantitative estimate of drug-likeness (QED) is 0.161. The molecule has 0 heterocycles. The van der Waals surface area contributed by atoms with Crippen molar-refractivity contribution in [1.29, 1.82) is 0 Å². The van der Waals surface area contributed by atoms with Gasteiger partial charge in [0.25, 0.3) is 0 Å². The third-order valence-electron chi connectivity index (χ3n) is 6.64. The van der Waals surface area contributed by atoms with Gasteiger partial charge in [-0.05, 0) is 0 Å². The van der Waals surface area contributed by atoms with Crippen LogP contribution in [0.15, 0.2) is 10.2 Å². The molecule has 0 rings (SSSR count). The molecule has 0 fully saturated rings. The van der Waals surface area contributed by atoms with Crippen LogP contribution in [0.1, 0.15) is 101 Å². The average Bonchev–Trinajstić information content (AvgIpc) is 2.64. The third-order valence-corrected chi connectivity index (χ3v) is 26.7. The van der Waals surface area contributed by atoms with Crippen LogP contribution < -0.4 is 0 Å². The minimum atomic E-state index is -2.42. The first kappa shape index (κ1) is 28.2. The van der Waals surface area contributed by atoms with E-state index in [2.05, 4.69) is 66.4 Å². The molecule has 0 radical (unpaired) electrons. The molecule has 4 heteroatoms. The van der Waals surface area contributed by atoms with E-state index in [0.717, 1.165) is 0 Å². The number of hydrogen-bond acceptors (Lipinski definition) is 2. The van der Waals surface area contributed by atoms with Gasteiger partial charge in [0.15, 0.2) is 0 Å². The Morgan fingerprint density at radius 1 is 0.786 bits per heavy atom. The fourth-order valence-electron chi connectivity index (χ4n) is 5.02. The second-order valence-corrected chi connectivity index (χ2v) is 28.1. The summed E-state index contributed by atoms with van der Waals surface area (Å²) >= 11 is -2.42. The molecule has 0 bridgehead atoms. The molecule has 0 aliphatic heterocycles. The Hall–Kier alpha value is 0.226. The van der Waals surface area contributed by atoms with Gasteiger partial charge < -0.3 is 0 Å². The Morgan fingerprint density at radius 3 is 1.43 bits per heavy atom. The second kappa shape index (κ2) is 14.3. The van der Waals surface area contributed by atoms with Crippen LogP contribution >= 0.6 is 0 Å². The van der Waals surface area contributed by atoms with Crippen LogP contribution in [0.4, 0.5) is 0 Å². The van der Waals surface area contributed by atoms with Gasteiger partial charge in [0.05, 0.1) is 0 Å². The molecule has 0 aromatic heterocycles. The summed E-state index contributed by atoms with van der Waals surface area (Å²) in [5.74, 6) is -0.0478. The first-order valence-electron chi connectivity index (χ1n) is 12.0. The fraction of sp³-hybridized carbons (Fsp3) is 0.875. The zero-order chi connectivity index (χ0) is 21.8. The molecular formula is C24H50O2SiSn. The van der Waals surface area contributed by atoms with Crippen molar-refractivity contribution in [2.24, 2.45) is 0 Å². The molecule has 0 spiro atoms. The van der Waals surface area contributed by atoms with Gasteiger partial charge in [0.1, 0.15) is 0 Å². The van der Waals surface area contributed by atoms with Crippen molar-refractivity contribution < 1.29 is 9.22 Å². The molecule has 28 heavy (non-hydrogen) atoms. The minimum absolute atomic E-state index is 0.0478. The molecule has 0 saturated carbocycles. The van der Waals surface area contributed by atoms with Gasteiger partial charge in [0.2, 0.25) is 0 Å². The van der Waals surface area contributed by atoms with Gasteiger partial charge in [-0.1, -0.05) is 0 Å². The van der Waals surface area contributed by atoms with Crippen LogP contribution in [0.5, 0.6) is 0 Å². The molecule has 0 aliphatic rings. The molecule has 166 valence electrons. The molecule has 0 saturated heterocycles. The Balaban J connectivity index is 5.60. The molecular weight excluding hydrogens is 467 g/mol. The van der Waals surface area contributed by atoms with Crippen molar-refractivity contribution in [2.45, 2.75) is 131 Å². The monoisotopic (exact) mass is 518 g/mol. The zero-order valence-corrected chi connectivity index (χ0v) is 24.4. The summed E-state index contributed by atoms with van der Waals surface area (Å²) in [6.07, 6.45) is 9.66. The van der Waals surface area contributed by atoms with E-state index in [0.29, 0.717) is 16.6 Å². The normalized spacial score (nSPS) is 13.3. The summed E-state index contributed by atoms with van der Waals surface area (Å²) < 4.78 is 13.0. The predicted octanol–water partition coefficient (Wildman–Crippen LogP) is 8.65. The van der Waals surface area contributed by atoms with E-state index >= 15 is 0 Å². The summed E-state index contributed by atoms with van der Waals surface area (Å²) in [4.78, 5) is 13.0. The number of carbonyl (C=O) groups excluding carboxylic acids is 1. The number of rotatable bonds is 15. The average molecular weight is 517 g/mol.